The lowest BCUT2D eigenvalue weighted by molar-refractivity contribution is 0.296. The second-order valence-electron chi connectivity index (χ2n) is 3.79. The Balaban J connectivity index is 2.98. The lowest BCUT2D eigenvalue weighted by atomic mass is 10.1. The molecule has 0 rings (SSSR count). The van der Waals surface area contributed by atoms with Gasteiger partial charge < -0.3 is 10.4 Å². The van der Waals surface area contributed by atoms with Crippen molar-refractivity contribution < 1.29 is 5.11 Å². The molecule has 0 aromatic carbocycles. The molecular weight excluding hydrogens is 194 g/mol. The molecule has 14 heavy (non-hydrogen) atoms. The highest BCUT2D eigenvalue weighted by Gasteiger charge is 1.98. The maximum Gasteiger partial charge on any atom is 0.0438 e. The number of aliphatic hydroxyl groups is 1. The average molecular weight is 219 g/mol. The first kappa shape index (κ1) is 14.3. The fraction of sp³-hybridized carbons (Fsp3) is 1.00. The molecule has 1 unspecified atom stereocenters. The molecule has 0 aromatic rings. The van der Waals surface area contributed by atoms with Crippen LogP contribution < -0.4 is 5.32 Å². The topological polar surface area (TPSA) is 32.3 Å². The molecule has 0 aliphatic heterocycles. The number of hydrogen-bond acceptors (Lipinski definition) is 3. The molecule has 0 amide bonds. The summed E-state index contributed by atoms with van der Waals surface area (Å²) in [5.74, 6) is 3.06. The van der Waals surface area contributed by atoms with Gasteiger partial charge in [0, 0.05) is 18.9 Å². The Kier molecular flexibility index (Phi) is 11.6. The fourth-order valence-corrected chi connectivity index (χ4v) is 2.18. The van der Waals surface area contributed by atoms with Crippen molar-refractivity contribution in [3.63, 3.8) is 0 Å². The van der Waals surface area contributed by atoms with E-state index < -0.39 is 0 Å². The number of rotatable bonds is 10. The first-order valence-electron chi connectivity index (χ1n) is 5.70. The molecule has 0 saturated heterocycles. The van der Waals surface area contributed by atoms with Crippen LogP contribution in [0.5, 0.6) is 0 Å². The van der Waals surface area contributed by atoms with E-state index in [4.69, 9.17) is 5.11 Å². The third-order valence-electron chi connectivity index (χ3n) is 2.14. The maximum atomic E-state index is 8.57. The van der Waals surface area contributed by atoms with E-state index in [0.717, 1.165) is 31.2 Å². The molecular formula is C11H25NOS. The summed E-state index contributed by atoms with van der Waals surface area (Å²) in [6.45, 7) is 7.11. The number of nitrogens with one attached hydrogen (secondary N) is 1. The van der Waals surface area contributed by atoms with Crippen molar-refractivity contribution in [3.05, 3.63) is 0 Å². The zero-order valence-corrected chi connectivity index (χ0v) is 10.4. The van der Waals surface area contributed by atoms with Crippen LogP contribution in [0.1, 0.15) is 33.1 Å². The summed E-state index contributed by atoms with van der Waals surface area (Å²) < 4.78 is 0. The largest absolute Gasteiger partial charge is 0.396 e. The van der Waals surface area contributed by atoms with Crippen molar-refractivity contribution in [1.29, 1.82) is 0 Å². The summed E-state index contributed by atoms with van der Waals surface area (Å²) in [4.78, 5) is 0. The minimum Gasteiger partial charge on any atom is -0.396 e. The maximum absolute atomic E-state index is 8.57. The van der Waals surface area contributed by atoms with Gasteiger partial charge in [-0.1, -0.05) is 20.3 Å². The van der Waals surface area contributed by atoms with E-state index in [2.05, 4.69) is 19.2 Å². The van der Waals surface area contributed by atoms with E-state index in [1.165, 1.54) is 18.6 Å². The fourth-order valence-electron chi connectivity index (χ4n) is 1.36. The average Bonchev–Trinajstić information content (AvgIpc) is 2.17. The van der Waals surface area contributed by atoms with Gasteiger partial charge in [0.25, 0.3) is 0 Å². The number of thioether (sulfide) groups is 1. The van der Waals surface area contributed by atoms with E-state index in [-0.39, 0.29) is 0 Å². The van der Waals surface area contributed by atoms with E-state index >= 15 is 0 Å². The zero-order chi connectivity index (χ0) is 10.6. The third kappa shape index (κ3) is 10.4. The second-order valence-corrected chi connectivity index (χ2v) is 5.01. The van der Waals surface area contributed by atoms with Crippen LogP contribution in [0.3, 0.4) is 0 Å². The van der Waals surface area contributed by atoms with Gasteiger partial charge in [-0.25, -0.2) is 0 Å². The predicted octanol–water partition coefficient (Wildman–Crippen LogP) is 2.13. The molecule has 86 valence electrons. The van der Waals surface area contributed by atoms with Gasteiger partial charge in [-0.3, -0.25) is 0 Å². The van der Waals surface area contributed by atoms with Crippen LogP contribution in [0.4, 0.5) is 0 Å². The number of aliphatic hydroxyl groups excluding tert-OH is 1. The Morgan fingerprint density at radius 2 is 2.14 bits per heavy atom. The highest BCUT2D eigenvalue weighted by atomic mass is 32.2. The first-order valence-corrected chi connectivity index (χ1v) is 6.86. The van der Waals surface area contributed by atoms with Gasteiger partial charge in [0.1, 0.15) is 0 Å². The molecule has 0 spiro atoms. The molecule has 0 aliphatic carbocycles. The third-order valence-corrected chi connectivity index (χ3v) is 3.21. The van der Waals surface area contributed by atoms with Crippen molar-refractivity contribution in [2.75, 3.05) is 31.2 Å². The SMILES string of the molecule is CCCC(C)CNCCSCCCO. The van der Waals surface area contributed by atoms with Crippen LogP contribution in [-0.4, -0.2) is 36.3 Å². The van der Waals surface area contributed by atoms with Gasteiger partial charge in [0.05, 0.1) is 0 Å². The first-order chi connectivity index (χ1) is 6.81. The highest BCUT2D eigenvalue weighted by molar-refractivity contribution is 7.99. The predicted molar refractivity (Wildman–Crippen MR) is 66.0 cm³/mol. The normalized spacial score (nSPS) is 13.1. The molecule has 1 atom stereocenters. The van der Waals surface area contributed by atoms with Crippen LogP contribution in [0.25, 0.3) is 0 Å². The Bertz CT molecular complexity index is 111. The summed E-state index contributed by atoms with van der Waals surface area (Å²) in [6.07, 6.45) is 3.54. The van der Waals surface area contributed by atoms with Gasteiger partial charge in [-0.2, -0.15) is 11.8 Å². The summed E-state index contributed by atoms with van der Waals surface area (Å²) in [5, 5.41) is 12.0. The van der Waals surface area contributed by atoms with Crippen LogP contribution in [0.15, 0.2) is 0 Å². The van der Waals surface area contributed by atoms with Crippen molar-refractivity contribution >= 4 is 11.8 Å². The molecule has 0 fully saturated rings. The standard InChI is InChI=1S/C11H25NOS/c1-3-5-11(2)10-12-6-9-14-8-4-7-13/h11-13H,3-10H2,1-2H3. The molecule has 0 aromatic heterocycles. The summed E-state index contributed by atoms with van der Waals surface area (Å²) in [6, 6.07) is 0. The summed E-state index contributed by atoms with van der Waals surface area (Å²) in [5.41, 5.74) is 0. The van der Waals surface area contributed by atoms with Gasteiger partial charge in [0.15, 0.2) is 0 Å². The smallest absolute Gasteiger partial charge is 0.0438 e. The molecule has 0 heterocycles. The molecule has 0 aliphatic rings. The lowest BCUT2D eigenvalue weighted by Gasteiger charge is -2.10. The van der Waals surface area contributed by atoms with Crippen LogP contribution in [0.2, 0.25) is 0 Å². The Morgan fingerprint density at radius 3 is 2.79 bits per heavy atom. The zero-order valence-electron chi connectivity index (χ0n) is 9.59. The van der Waals surface area contributed by atoms with Gasteiger partial charge in [-0.05, 0) is 31.1 Å². The second kappa shape index (κ2) is 11.3. The summed E-state index contributed by atoms with van der Waals surface area (Å²) in [7, 11) is 0. The minimum absolute atomic E-state index is 0.327. The van der Waals surface area contributed by atoms with Crippen LogP contribution >= 0.6 is 11.8 Å². The van der Waals surface area contributed by atoms with E-state index in [1.54, 1.807) is 0 Å². The van der Waals surface area contributed by atoms with Gasteiger partial charge >= 0.3 is 0 Å². The minimum atomic E-state index is 0.327. The Morgan fingerprint density at radius 1 is 1.36 bits per heavy atom. The molecule has 2 N–H and O–H groups in total. The van der Waals surface area contributed by atoms with Crippen molar-refractivity contribution in [1.82, 2.24) is 5.32 Å². The van der Waals surface area contributed by atoms with Crippen LogP contribution in [-0.2, 0) is 0 Å². The van der Waals surface area contributed by atoms with Gasteiger partial charge in [-0.15, -0.1) is 0 Å². The summed E-state index contributed by atoms with van der Waals surface area (Å²) >= 11 is 1.92. The van der Waals surface area contributed by atoms with E-state index in [0.29, 0.717) is 6.61 Å². The quantitative estimate of drug-likeness (QED) is 0.552. The molecule has 0 radical (unpaired) electrons. The lowest BCUT2D eigenvalue weighted by Crippen LogP contribution is -2.23. The van der Waals surface area contributed by atoms with Crippen molar-refractivity contribution in [2.45, 2.75) is 33.1 Å². The van der Waals surface area contributed by atoms with Gasteiger partial charge in [0.2, 0.25) is 0 Å². The molecule has 0 saturated carbocycles. The molecule has 2 nitrogen and oxygen atoms in total. The highest BCUT2D eigenvalue weighted by Crippen LogP contribution is 2.03. The van der Waals surface area contributed by atoms with Crippen molar-refractivity contribution in [2.24, 2.45) is 5.92 Å². The molecule has 3 heteroatoms. The Labute approximate surface area is 92.9 Å². The van der Waals surface area contributed by atoms with E-state index in [9.17, 15) is 0 Å². The number of hydrogen-bond donors (Lipinski definition) is 2. The van der Waals surface area contributed by atoms with Crippen LogP contribution in [0, 0.1) is 5.92 Å². The molecule has 0 bridgehead atoms. The monoisotopic (exact) mass is 219 g/mol. The van der Waals surface area contributed by atoms with Crippen molar-refractivity contribution in [3.8, 4) is 0 Å². The van der Waals surface area contributed by atoms with E-state index in [1.807, 2.05) is 11.8 Å². The Hall–Kier alpha value is 0.270.